The van der Waals surface area contributed by atoms with Gasteiger partial charge in [0.25, 0.3) is 0 Å². The second-order valence-electron chi connectivity index (χ2n) is 8.64. The van der Waals surface area contributed by atoms with Crippen LogP contribution >= 0.6 is 11.6 Å². The number of pyridine rings is 1. The Morgan fingerprint density at radius 3 is 2.56 bits per heavy atom. The van der Waals surface area contributed by atoms with Gasteiger partial charge in [0.1, 0.15) is 5.15 Å². The lowest BCUT2D eigenvalue weighted by Gasteiger charge is -2.40. The molecule has 144 valence electrons. The van der Waals surface area contributed by atoms with Crippen molar-refractivity contribution in [2.24, 2.45) is 11.8 Å². The van der Waals surface area contributed by atoms with Crippen LogP contribution in [0.5, 0.6) is 0 Å². The SMILES string of the molecule is Cc1ccc2nc(Cl)c(CN(C(=O)C3CCC3)C3CCC(C)CC3)cc2c1. The average molecular weight is 385 g/mol. The third-order valence-electron chi connectivity index (χ3n) is 6.50. The van der Waals surface area contributed by atoms with Crippen LogP contribution in [0.15, 0.2) is 24.3 Å². The molecule has 27 heavy (non-hydrogen) atoms. The summed E-state index contributed by atoms with van der Waals surface area (Å²) >= 11 is 6.53. The summed E-state index contributed by atoms with van der Waals surface area (Å²) in [7, 11) is 0. The van der Waals surface area contributed by atoms with E-state index >= 15 is 0 Å². The summed E-state index contributed by atoms with van der Waals surface area (Å²) in [6.07, 6.45) is 7.91. The van der Waals surface area contributed by atoms with Crippen LogP contribution in [0, 0.1) is 18.8 Å². The van der Waals surface area contributed by atoms with Crippen molar-refractivity contribution in [3.8, 4) is 0 Å². The molecule has 0 N–H and O–H groups in total. The Bertz CT molecular complexity index is 838. The van der Waals surface area contributed by atoms with E-state index in [1.54, 1.807) is 0 Å². The summed E-state index contributed by atoms with van der Waals surface area (Å²) in [5.74, 6) is 1.33. The first-order valence-corrected chi connectivity index (χ1v) is 10.8. The molecule has 2 fully saturated rings. The topological polar surface area (TPSA) is 33.2 Å². The van der Waals surface area contributed by atoms with Gasteiger partial charge in [-0.15, -0.1) is 0 Å². The minimum absolute atomic E-state index is 0.221. The number of hydrogen-bond acceptors (Lipinski definition) is 2. The summed E-state index contributed by atoms with van der Waals surface area (Å²) < 4.78 is 0. The number of benzene rings is 1. The standard InChI is InChI=1S/C23H29ClN2O/c1-15-6-9-20(10-7-15)26(23(27)17-4-3-5-17)14-19-13-18-12-16(2)8-11-21(18)25-22(19)24/h8,11-13,15,17,20H,3-7,9-10,14H2,1-2H3. The quantitative estimate of drug-likeness (QED) is 0.614. The number of nitrogens with zero attached hydrogens (tertiary/aromatic N) is 2. The Morgan fingerprint density at radius 1 is 1.15 bits per heavy atom. The highest BCUT2D eigenvalue weighted by molar-refractivity contribution is 6.30. The number of amides is 1. The van der Waals surface area contributed by atoms with Gasteiger partial charge in [0, 0.05) is 29.5 Å². The van der Waals surface area contributed by atoms with Gasteiger partial charge in [0.2, 0.25) is 5.91 Å². The van der Waals surface area contributed by atoms with E-state index in [0.717, 1.165) is 48.1 Å². The fraction of sp³-hybridized carbons (Fsp3) is 0.565. The van der Waals surface area contributed by atoms with Crippen LogP contribution in [-0.4, -0.2) is 21.8 Å². The van der Waals surface area contributed by atoms with Gasteiger partial charge in [-0.05, 0) is 69.6 Å². The molecule has 0 saturated heterocycles. The molecule has 2 aliphatic carbocycles. The molecular formula is C23H29ClN2O. The second kappa shape index (κ2) is 7.79. The predicted octanol–water partition coefficient (Wildman–Crippen LogP) is 5.90. The van der Waals surface area contributed by atoms with Crippen molar-refractivity contribution in [2.75, 3.05) is 0 Å². The molecule has 1 aromatic heterocycles. The third kappa shape index (κ3) is 3.99. The van der Waals surface area contributed by atoms with E-state index in [0.29, 0.717) is 23.6 Å². The van der Waals surface area contributed by atoms with Gasteiger partial charge in [-0.2, -0.15) is 0 Å². The maximum atomic E-state index is 13.2. The van der Waals surface area contributed by atoms with Crippen LogP contribution in [0.1, 0.15) is 63.0 Å². The molecule has 1 heterocycles. The van der Waals surface area contributed by atoms with Gasteiger partial charge in [0.05, 0.1) is 5.52 Å². The zero-order valence-corrected chi connectivity index (χ0v) is 17.1. The Kier molecular flexibility index (Phi) is 5.41. The van der Waals surface area contributed by atoms with Gasteiger partial charge in [-0.3, -0.25) is 4.79 Å². The molecule has 0 aliphatic heterocycles. The normalized spacial score (nSPS) is 23.2. The van der Waals surface area contributed by atoms with Crippen LogP contribution in [0.25, 0.3) is 10.9 Å². The van der Waals surface area contributed by atoms with E-state index in [1.165, 1.54) is 24.8 Å². The summed E-state index contributed by atoms with van der Waals surface area (Å²) in [4.78, 5) is 19.9. The van der Waals surface area contributed by atoms with E-state index in [-0.39, 0.29) is 5.92 Å². The Labute approximate surface area is 167 Å². The van der Waals surface area contributed by atoms with Crippen LogP contribution < -0.4 is 0 Å². The number of aryl methyl sites for hydroxylation is 1. The van der Waals surface area contributed by atoms with E-state index in [9.17, 15) is 4.79 Å². The first-order valence-electron chi connectivity index (χ1n) is 10.4. The monoisotopic (exact) mass is 384 g/mol. The first-order chi connectivity index (χ1) is 13.0. The lowest BCUT2D eigenvalue weighted by Crippen LogP contribution is -2.46. The fourth-order valence-corrected chi connectivity index (χ4v) is 4.65. The van der Waals surface area contributed by atoms with E-state index in [1.807, 2.05) is 6.07 Å². The third-order valence-corrected chi connectivity index (χ3v) is 6.83. The van der Waals surface area contributed by atoms with Crippen molar-refractivity contribution in [3.05, 3.63) is 40.5 Å². The number of aromatic nitrogens is 1. The van der Waals surface area contributed by atoms with Crippen molar-refractivity contribution >= 4 is 28.4 Å². The molecule has 2 aliphatic rings. The smallest absolute Gasteiger partial charge is 0.226 e. The summed E-state index contributed by atoms with van der Waals surface area (Å²) in [6, 6.07) is 8.69. The zero-order valence-electron chi connectivity index (χ0n) is 16.4. The van der Waals surface area contributed by atoms with Crippen molar-refractivity contribution in [3.63, 3.8) is 0 Å². The summed E-state index contributed by atoms with van der Waals surface area (Å²) in [5.41, 5.74) is 3.10. The van der Waals surface area contributed by atoms with Crippen LogP contribution in [0.2, 0.25) is 5.15 Å². The molecule has 3 nitrogen and oxygen atoms in total. The van der Waals surface area contributed by atoms with Crippen molar-refractivity contribution < 1.29 is 4.79 Å². The highest BCUT2D eigenvalue weighted by Gasteiger charge is 2.34. The molecule has 2 saturated carbocycles. The maximum absolute atomic E-state index is 13.2. The molecule has 0 radical (unpaired) electrons. The molecule has 4 rings (SSSR count). The van der Waals surface area contributed by atoms with E-state index in [4.69, 9.17) is 11.6 Å². The van der Waals surface area contributed by atoms with Crippen molar-refractivity contribution in [1.82, 2.24) is 9.88 Å². The minimum atomic E-state index is 0.221. The highest BCUT2D eigenvalue weighted by atomic mass is 35.5. The molecule has 1 aromatic carbocycles. The number of fused-ring (bicyclic) bond motifs is 1. The summed E-state index contributed by atoms with van der Waals surface area (Å²) in [5, 5.41) is 1.63. The molecular weight excluding hydrogens is 356 g/mol. The molecule has 0 bridgehead atoms. The van der Waals surface area contributed by atoms with Gasteiger partial charge >= 0.3 is 0 Å². The number of halogens is 1. The maximum Gasteiger partial charge on any atom is 0.226 e. The van der Waals surface area contributed by atoms with Crippen molar-refractivity contribution in [1.29, 1.82) is 0 Å². The highest BCUT2D eigenvalue weighted by Crippen LogP contribution is 2.34. The largest absolute Gasteiger partial charge is 0.335 e. The Hall–Kier alpha value is -1.61. The first kappa shape index (κ1) is 18.7. The van der Waals surface area contributed by atoms with Gasteiger partial charge in [-0.25, -0.2) is 4.98 Å². The molecule has 0 unspecified atom stereocenters. The van der Waals surface area contributed by atoms with E-state index in [2.05, 4.69) is 41.9 Å². The molecule has 1 amide bonds. The predicted molar refractivity (Wildman–Crippen MR) is 111 cm³/mol. The lowest BCUT2D eigenvalue weighted by atomic mass is 9.82. The number of carbonyl (C=O) groups is 1. The second-order valence-corrected chi connectivity index (χ2v) is 9.00. The average Bonchev–Trinajstić information content (AvgIpc) is 2.59. The summed E-state index contributed by atoms with van der Waals surface area (Å²) in [6.45, 7) is 4.99. The Morgan fingerprint density at radius 2 is 1.89 bits per heavy atom. The van der Waals surface area contributed by atoms with Crippen LogP contribution in [0.3, 0.4) is 0 Å². The zero-order chi connectivity index (χ0) is 19.0. The van der Waals surface area contributed by atoms with Gasteiger partial charge in [-0.1, -0.05) is 36.6 Å². The number of carbonyl (C=O) groups excluding carboxylic acids is 1. The minimum Gasteiger partial charge on any atom is -0.335 e. The van der Waals surface area contributed by atoms with Crippen LogP contribution in [0.4, 0.5) is 0 Å². The van der Waals surface area contributed by atoms with Gasteiger partial charge in [0.15, 0.2) is 0 Å². The van der Waals surface area contributed by atoms with Crippen molar-refractivity contribution in [2.45, 2.75) is 71.4 Å². The molecule has 2 aromatic rings. The molecule has 0 spiro atoms. The number of hydrogen-bond donors (Lipinski definition) is 0. The lowest BCUT2D eigenvalue weighted by molar-refractivity contribution is -0.142. The fourth-order valence-electron chi connectivity index (χ4n) is 4.44. The molecule has 0 atom stereocenters. The van der Waals surface area contributed by atoms with E-state index < -0.39 is 0 Å². The molecule has 4 heteroatoms. The Balaban J connectivity index is 1.63. The van der Waals surface area contributed by atoms with Crippen LogP contribution in [-0.2, 0) is 11.3 Å². The van der Waals surface area contributed by atoms with Gasteiger partial charge < -0.3 is 4.90 Å². The number of rotatable bonds is 4.